The lowest BCUT2D eigenvalue weighted by atomic mass is 9.78. The van der Waals surface area contributed by atoms with E-state index in [1.807, 2.05) is 18.7 Å². The summed E-state index contributed by atoms with van der Waals surface area (Å²) in [5.41, 5.74) is 3.13. The third-order valence-electron chi connectivity index (χ3n) is 7.06. The van der Waals surface area contributed by atoms with Crippen LogP contribution < -0.4 is 10.4 Å². The second kappa shape index (κ2) is 7.76. The van der Waals surface area contributed by atoms with E-state index in [-0.39, 0.29) is 30.5 Å². The molecule has 0 radical (unpaired) electrons. The first-order valence-electron chi connectivity index (χ1n) is 11.3. The van der Waals surface area contributed by atoms with Crippen LogP contribution in [0.1, 0.15) is 59.9 Å². The van der Waals surface area contributed by atoms with Crippen LogP contribution >= 0.6 is 0 Å². The average molecular weight is 414 g/mol. The maximum Gasteiger partial charge on any atom is 0.494 e. The molecule has 1 aromatic carbocycles. The molecule has 0 unspecified atom stereocenters. The number of rotatable bonds is 3. The highest BCUT2D eigenvalue weighted by Crippen LogP contribution is 2.37. The Kier molecular flexibility index (Phi) is 5.56. The highest BCUT2D eigenvalue weighted by Gasteiger charge is 2.51. The molecular formula is C23H35BN2O4. The van der Waals surface area contributed by atoms with E-state index >= 15 is 0 Å². The smallest absolute Gasteiger partial charge is 0.447 e. The van der Waals surface area contributed by atoms with E-state index in [9.17, 15) is 4.79 Å². The fourth-order valence-electron chi connectivity index (χ4n) is 4.59. The number of nitrogens with zero attached hydrogens (tertiary/aromatic N) is 2. The second-order valence-corrected chi connectivity index (χ2v) is 10.1. The molecule has 0 N–H and O–H groups in total. The maximum absolute atomic E-state index is 12.2. The molecule has 0 bridgehead atoms. The van der Waals surface area contributed by atoms with Crippen molar-refractivity contribution in [1.29, 1.82) is 0 Å². The summed E-state index contributed by atoms with van der Waals surface area (Å²) in [5, 5.41) is 0. The van der Waals surface area contributed by atoms with Crippen LogP contribution in [0.25, 0.3) is 0 Å². The van der Waals surface area contributed by atoms with E-state index in [2.05, 4.69) is 50.8 Å². The molecule has 3 heterocycles. The first kappa shape index (κ1) is 21.5. The highest BCUT2D eigenvalue weighted by atomic mass is 16.7. The number of carbonyl (C=O) groups is 1. The Morgan fingerprint density at radius 1 is 1.10 bits per heavy atom. The van der Waals surface area contributed by atoms with Crippen molar-refractivity contribution in [2.24, 2.45) is 0 Å². The quantitative estimate of drug-likeness (QED) is 0.710. The number of hydrogen-bond donors (Lipinski definition) is 0. The molecule has 2 fully saturated rings. The molecule has 0 atom stereocenters. The van der Waals surface area contributed by atoms with E-state index in [1.165, 1.54) is 11.3 Å². The van der Waals surface area contributed by atoms with Crippen molar-refractivity contribution in [1.82, 2.24) is 4.90 Å². The summed E-state index contributed by atoms with van der Waals surface area (Å²) < 4.78 is 17.8. The van der Waals surface area contributed by atoms with E-state index in [0.29, 0.717) is 6.04 Å². The summed E-state index contributed by atoms with van der Waals surface area (Å²) in [6.07, 6.45) is 2.74. The Hall–Kier alpha value is -1.73. The van der Waals surface area contributed by atoms with E-state index in [4.69, 9.17) is 14.0 Å². The van der Waals surface area contributed by atoms with Gasteiger partial charge in [-0.25, -0.2) is 4.79 Å². The Labute approximate surface area is 181 Å². The lowest BCUT2D eigenvalue weighted by Crippen LogP contribution is -2.47. The third kappa shape index (κ3) is 3.94. The predicted molar refractivity (Wildman–Crippen MR) is 119 cm³/mol. The molecule has 1 aromatic rings. The fraction of sp³-hybridized carbons (Fsp3) is 0.696. The Morgan fingerprint density at radius 3 is 2.33 bits per heavy atom. The molecule has 0 spiro atoms. The minimum absolute atomic E-state index is 0.0705. The van der Waals surface area contributed by atoms with Gasteiger partial charge in [-0.3, -0.25) is 0 Å². The van der Waals surface area contributed by atoms with Gasteiger partial charge in [0.1, 0.15) is 0 Å². The number of amides is 1. The van der Waals surface area contributed by atoms with Crippen molar-refractivity contribution < 1.29 is 18.8 Å². The molecule has 7 heteroatoms. The summed E-state index contributed by atoms with van der Waals surface area (Å²) in [6.45, 7) is 14.7. The number of hydrogen-bond acceptors (Lipinski definition) is 5. The van der Waals surface area contributed by atoms with Crippen molar-refractivity contribution in [3.8, 4) is 0 Å². The molecule has 0 aromatic heterocycles. The summed E-state index contributed by atoms with van der Waals surface area (Å²) in [4.78, 5) is 16.5. The number of benzene rings is 1. The van der Waals surface area contributed by atoms with E-state index in [1.54, 1.807) is 0 Å². The molecule has 1 amide bonds. The molecule has 0 saturated carbocycles. The lowest BCUT2D eigenvalue weighted by molar-refractivity contribution is 0.00578. The van der Waals surface area contributed by atoms with Crippen molar-refractivity contribution >= 4 is 24.4 Å². The number of fused-ring (bicyclic) bond motifs is 1. The number of anilines is 1. The monoisotopic (exact) mass is 414 g/mol. The number of carbonyl (C=O) groups excluding carboxylic acids is 1. The first-order valence-corrected chi connectivity index (χ1v) is 11.3. The van der Waals surface area contributed by atoms with Gasteiger partial charge in [0.25, 0.3) is 0 Å². The van der Waals surface area contributed by atoms with Gasteiger partial charge in [0.2, 0.25) is 0 Å². The number of likely N-dealkylation sites (tertiary alicyclic amines) is 1. The average Bonchev–Trinajstić information content (AvgIpc) is 3.18. The predicted octanol–water partition coefficient (Wildman–Crippen LogP) is 3.36. The van der Waals surface area contributed by atoms with Crippen LogP contribution in [0.15, 0.2) is 18.2 Å². The van der Waals surface area contributed by atoms with Gasteiger partial charge in [-0.15, -0.1) is 0 Å². The van der Waals surface area contributed by atoms with Crippen LogP contribution in [0.3, 0.4) is 0 Å². The van der Waals surface area contributed by atoms with Crippen LogP contribution in [0.2, 0.25) is 0 Å². The minimum atomic E-state index is -0.326. The van der Waals surface area contributed by atoms with Gasteiger partial charge in [0, 0.05) is 31.4 Å². The van der Waals surface area contributed by atoms with E-state index < -0.39 is 0 Å². The van der Waals surface area contributed by atoms with Crippen molar-refractivity contribution in [2.45, 2.75) is 84.2 Å². The first-order chi connectivity index (χ1) is 14.1. The summed E-state index contributed by atoms with van der Waals surface area (Å²) in [6, 6.07) is 7.10. The summed E-state index contributed by atoms with van der Waals surface area (Å²) in [7, 11) is -0.315. The third-order valence-corrected chi connectivity index (χ3v) is 7.06. The second-order valence-electron chi connectivity index (χ2n) is 10.1. The zero-order valence-corrected chi connectivity index (χ0v) is 19.2. The van der Waals surface area contributed by atoms with Gasteiger partial charge in [-0.1, -0.05) is 12.1 Å². The molecule has 6 nitrogen and oxygen atoms in total. The van der Waals surface area contributed by atoms with Gasteiger partial charge in [0.05, 0.1) is 17.3 Å². The van der Waals surface area contributed by atoms with Gasteiger partial charge in [0.15, 0.2) is 0 Å². The molecule has 2 saturated heterocycles. The molecule has 3 aliphatic rings. The SMILES string of the molecule is CC(C)OC(=O)N1CCC(N2CCc3cc(B4OC(C)(C)C(C)(C)O4)ccc32)CC1. The molecule has 30 heavy (non-hydrogen) atoms. The van der Waals surface area contributed by atoms with Crippen molar-refractivity contribution in [3.05, 3.63) is 23.8 Å². The molecular weight excluding hydrogens is 379 g/mol. The number of ether oxygens (including phenoxy) is 1. The van der Waals surface area contributed by atoms with Gasteiger partial charge >= 0.3 is 13.2 Å². The van der Waals surface area contributed by atoms with Crippen LogP contribution in [-0.2, 0) is 20.5 Å². The fourth-order valence-corrected chi connectivity index (χ4v) is 4.59. The Morgan fingerprint density at radius 2 is 1.73 bits per heavy atom. The topological polar surface area (TPSA) is 51.2 Å². The van der Waals surface area contributed by atoms with Crippen LogP contribution in [0, 0.1) is 0 Å². The molecule has 0 aliphatic carbocycles. The largest absolute Gasteiger partial charge is 0.494 e. The minimum Gasteiger partial charge on any atom is -0.447 e. The number of piperidine rings is 1. The van der Waals surface area contributed by atoms with Crippen molar-refractivity contribution in [2.75, 3.05) is 24.5 Å². The molecule has 4 rings (SSSR count). The van der Waals surface area contributed by atoms with E-state index in [0.717, 1.165) is 44.4 Å². The van der Waals surface area contributed by atoms with Crippen LogP contribution in [-0.4, -0.2) is 61.1 Å². The summed E-state index contributed by atoms with van der Waals surface area (Å²) >= 11 is 0. The van der Waals surface area contributed by atoms with Gasteiger partial charge in [-0.05, 0) is 77.9 Å². The molecule has 164 valence electrons. The Balaban J connectivity index is 1.41. The van der Waals surface area contributed by atoms with Crippen molar-refractivity contribution in [3.63, 3.8) is 0 Å². The zero-order valence-electron chi connectivity index (χ0n) is 19.2. The lowest BCUT2D eigenvalue weighted by Gasteiger charge is -2.37. The van der Waals surface area contributed by atoms with Gasteiger partial charge in [-0.2, -0.15) is 0 Å². The Bertz CT molecular complexity index is 786. The zero-order chi connectivity index (χ0) is 21.7. The van der Waals surface area contributed by atoms with Crippen LogP contribution in [0.5, 0.6) is 0 Å². The van der Waals surface area contributed by atoms with Gasteiger partial charge < -0.3 is 23.8 Å². The molecule has 3 aliphatic heterocycles. The summed E-state index contributed by atoms with van der Waals surface area (Å²) in [5.74, 6) is 0. The maximum atomic E-state index is 12.2. The van der Waals surface area contributed by atoms with Crippen LogP contribution in [0.4, 0.5) is 10.5 Å². The normalized spacial score (nSPS) is 23.2. The standard InChI is InChI=1S/C23H35BN2O4/c1-16(2)28-21(27)25-12-10-19(11-13-25)26-14-9-17-15-18(7-8-20(17)26)24-29-22(3,4)23(5,6)30-24/h7-8,15-16,19H,9-14H2,1-6H3. The highest BCUT2D eigenvalue weighted by molar-refractivity contribution is 6.62.